The number of nitrogens with two attached hydrogens (primary N) is 2. The largest absolute Gasteiger partial charge is 0.370 e. The first-order valence-electron chi connectivity index (χ1n) is 10.4. The Morgan fingerprint density at radius 3 is 2.53 bits per heavy atom. The number of guanidine groups is 1. The van der Waals surface area contributed by atoms with Crippen LogP contribution in [0.5, 0.6) is 0 Å². The van der Waals surface area contributed by atoms with Crippen molar-refractivity contribution in [2.75, 3.05) is 5.75 Å². The minimum absolute atomic E-state index is 0.00863. The van der Waals surface area contributed by atoms with Gasteiger partial charge < -0.3 is 16.5 Å². The number of thiazole rings is 1. The molecule has 32 heavy (non-hydrogen) atoms. The van der Waals surface area contributed by atoms with Gasteiger partial charge in [0.1, 0.15) is 5.82 Å². The van der Waals surface area contributed by atoms with Crippen LogP contribution < -0.4 is 17.0 Å². The molecule has 0 amide bonds. The number of benzene rings is 1. The molecule has 0 aliphatic rings. The van der Waals surface area contributed by atoms with Gasteiger partial charge in [0, 0.05) is 41.0 Å². The van der Waals surface area contributed by atoms with Crippen LogP contribution in [-0.4, -0.2) is 26.7 Å². The van der Waals surface area contributed by atoms with Gasteiger partial charge in [-0.25, -0.2) is 4.98 Å². The normalized spacial score (nSPS) is 11.5. The van der Waals surface area contributed by atoms with Crippen LogP contribution in [0.1, 0.15) is 54.7 Å². The van der Waals surface area contributed by atoms with Crippen molar-refractivity contribution in [1.82, 2.24) is 15.0 Å². The Balaban J connectivity index is 1.56. The van der Waals surface area contributed by atoms with E-state index in [2.05, 4.69) is 65.0 Å². The van der Waals surface area contributed by atoms with Crippen LogP contribution in [0.15, 0.2) is 39.4 Å². The van der Waals surface area contributed by atoms with E-state index in [1.54, 1.807) is 11.8 Å². The van der Waals surface area contributed by atoms with E-state index in [4.69, 9.17) is 11.5 Å². The highest BCUT2D eigenvalue weighted by atomic mass is 32.2. The molecule has 3 rings (SSSR count). The van der Waals surface area contributed by atoms with E-state index >= 15 is 0 Å². The van der Waals surface area contributed by atoms with Gasteiger partial charge in [-0.3, -0.25) is 4.79 Å². The van der Waals surface area contributed by atoms with E-state index in [9.17, 15) is 4.79 Å². The summed E-state index contributed by atoms with van der Waals surface area (Å²) in [5.74, 6) is 2.30. The van der Waals surface area contributed by atoms with Crippen molar-refractivity contribution < 1.29 is 0 Å². The molecule has 3 aromatic rings. The van der Waals surface area contributed by atoms with Crippen LogP contribution in [0.3, 0.4) is 0 Å². The quantitative estimate of drug-likeness (QED) is 0.261. The first-order chi connectivity index (χ1) is 15.1. The van der Waals surface area contributed by atoms with Gasteiger partial charge in [-0.05, 0) is 23.5 Å². The summed E-state index contributed by atoms with van der Waals surface area (Å²) >= 11 is 3.13. The maximum atomic E-state index is 12.7. The minimum Gasteiger partial charge on any atom is -0.370 e. The van der Waals surface area contributed by atoms with Crippen molar-refractivity contribution >= 4 is 34.2 Å². The second-order valence-corrected chi connectivity index (χ2v) is 10.6. The zero-order valence-electron chi connectivity index (χ0n) is 18.9. The van der Waals surface area contributed by atoms with Gasteiger partial charge >= 0.3 is 0 Å². The number of aliphatic imine (C=N–C) groups is 1. The molecule has 0 radical (unpaired) electrons. The Morgan fingerprint density at radius 1 is 1.19 bits per heavy atom. The number of thioether (sulfide) groups is 1. The Morgan fingerprint density at radius 2 is 1.91 bits per heavy atom. The summed E-state index contributed by atoms with van der Waals surface area (Å²) < 4.78 is 0. The molecule has 0 spiro atoms. The molecule has 0 saturated heterocycles. The molecule has 2 heterocycles. The number of nitrogens with zero attached hydrogens (tertiary/aromatic N) is 3. The Kier molecular flexibility index (Phi) is 7.73. The molecule has 0 aliphatic carbocycles. The van der Waals surface area contributed by atoms with Crippen molar-refractivity contribution in [2.24, 2.45) is 16.5 Å². The fraction of sp³-hybridized carbons (Fsp3) is 0.391. The molecule has 0 unspecified atom stereocenters. The number of hydrogen-bond acceptors (Lipinski definition) is 6. The van der Waals surface area contributed by atoms with Crippen molar-refractivity contribution in [3.05, 3.63) is 73.9 Å². The van der Waals surface area contributed by atoms with Gasteiger partial charge in [-0.1, -0.05) is 45.0 Å². The van der Waals surface area contributed by atoms with E-state index in [1.807, 2.05) is 12.3 Å². The number of rotatable bonds is 8. The van der Waals surface area contributed by atoms with Crippen molar-refractivity contribution in [3.8, 4) is 0 Å². The maximum absolute atomic E-state index is 12.7. The summed E-state index contributed by atoms with van der Waals surface area (Å²) in [4.78, 5) is 28.6. The number of hydrogen-bond donors (Lipinski definition) is 3. The van der Waals surface area contributed by atoms with Gasteiger partial charge in [0.05, 0.1) is 5.69 Å². The van der Waals surface area contributed by atoms with Crippen LogP contribution in [0.4, 0.5) is 5.13 Å². The standard InChI is InChI=1S/C23H30N6OS2/c1-14-18(11-15-5-7-16(8-6-15)23(2,3)4)20(30)28-19(26-14)9-10-31-12-17-13-32-22(27-17)29-21(24)25/h5-8,13H,9-12H2,1-4H3,(H,26,28,30)(H4,24,25,27,29). The fourth-order valence-corrected chi connectivity index (χ4v) is 4.84. The number of aromatic amines is 1. The van der Waals surface area contributed by atoms with Crippen molar-refractivity contribution in [1.29, 1.82) is 0 Å². The zero-order chi connectivity index (χ0) is 23.3. The van der Waals surface area contributed by atoms with E-state index in [0.29, 0.717) is 23.8 Å². The molecule has 0 fully saturated rings. The van der Waals surface area contributed by atoms with E-state index < -0.39 is 0 Å². The Hall–Kier alpha value is -2.65. The second kappa shape index (κ2) is 10.3. The minimum atomic E-state index is -0.150. The lowest BCUT2D eigenvalue weighted by Gasteiger charge is -2.19. The van der Waals surface area contributed by atoms with Crippen molar-refractivity contribution in [3.63, 3.8) is 0 Å². The smallest absolute Gasteiger partial charge is 0.276 e. The van der Waals surface area contributed by atoms with Gasteiger partial charge in [0.25, 0.3) is 5.56 Å². The Labute approximate surface area is 196 Å². The highest BCUT2D eigenvalue weighted by molar-refractivity contribution is 7.98. The molecule has 170 valence electrons. The van der Waals surface area contributed by atoms with Crippen LogP contribution in [0.2, 0.25) is 0 Å². The monoisotopic (exact) mass is 470 g/mol. The molecule has 0 aliphatic heterocycles. The first-order valence-corrected chi connectivity index (χ1v) is 12.4. The molecule has 5 N–H and O–H groups in total. The summed E-state index contributed by atoms with van der Waals surface area (Å²) in [6.07, 6.45) is 1.27. The highest BCUT2D eigenvalue weighted by Crippen LogP contribution is 2.23. The number of aryl methyl sites for hydroxylation is 2. The maximum Gasteiger partial charge on any atom is 0.276 e. The molecule has 7 nitrogen and oxygen atoms in total. The third-order valence-electron chi connectivity index (χ3n) is 4.98. The molecule has 0 saturated carbocycles. The summed E-state index contributed by atoms with van der Waals surface area (Å²) in [5, 5.41) is 2.51. The molecule has 2 aromatic heterocycles. The average Bonchev–Trinajstić information content (AvgIpc) is 3.14. The summed E-state index contributed by atoms with van der Waals surface area (Å²) in [6, 6.07) is 8.48. The SMILES string of the molecule is Cc1[nH]c(CCSCc2csc(N=C(N)N)n2)nc(=O)c1Cc1ccc(C(C)(C)C)cc1. The second-order valence-electron chi connectivity index (χ2n) is 8.68. The lowest BCUT2D eigenvalue weighted by molar-refractivity contribution is 0.590. The summed E-state index contributed by atoms with van der Waals surface area (Å²) in [7, 11) is 0. The third-order valence-corrected chi connectivity index (χ3v) is 6.75. The average molecular weight is 471 g/mol. The van der Waals surface area contributed by atoms with E-state index in [1.165, 1.54) is 16.9 Å². The molecule has 1 aromatic carbocycles. The third kappa shape index (κ3) is 6.67. The Bertz CT molecular complexity index is 1140. The summed E-state index contributed by atoms with van der Waals surface area (Å²) in [6.45, 7) is 8.52. The lowest BCUT2D eigenvalue weighted by Crippen LogP contribution is -2.21. The predicted molar refractivity (Wildman–Crippen MR) is 135 cm³/mol. The number of nitrogens with one attached hydrogen (secondary N) is 1. The van der Waals surface area contributed by atoms with Crippen LogP contribution >= 0.6 is 23.1 Å². The van der Waals surface area contributed by atoms with Gasteiger partial charge in [0.15, 0.2) is 5.96 Å². The lowest BCUT2D eigenvalue weighted by atomic mass is 9.86. The number of aromatic nitrogens is 3. The fourth-order valence-electron chi connectivity index (χ4n) is 3.19. The molecule has 0 bridgehead atoms. The van der Waals surface area contributed by atoms with Gasteiger partial charge in [0.2, 0.25) is 5.13 Å². The van der Waals surface area contributed by atoms with E-state index in [0.717, 1.165) is 34.0 Å². The van der Waals surface area contributed by atoms with Gasteiger partial charge in [-0.2, -0.15) is 21.7 Å². The molecular weight excluding hydrogens is 440 g/mol. The van der Waals surface area contributed by atoms with Crippen LogP contribution in [-0.2, 0) is 24.0 Å². The first kappa shape index (κ1) is 24.0. The van der Waals surface area contributed by atoms with Crippen LogP contribution in [0, 0.1) is 6.92 Å². The van der Waals surface area contributed by atoms with Crippen LogP contribution in [0.25, 0.3) is 0 Å². The predicted octanol–water partition coefficient (Wildman–Crippen LogP) is 3.80. The number of H-pyrrole nitrogens is 1. The molecule has 9 heteroatoms. The molecular formula is C23H30N6OS2. The topological polar surface area (TPSA) is 123 Å². The molecule has 0 atom stereocenters. The van der Waals surface area contributed by atoms with E-state index in [-0.39, 0.29) is 16.9 Å². The summed E-state index contributed by atoms with van der Waals surface area (Å²) in [5.41, 5.74) is 15.6. The zero-order valence-corrected chi connectivity index (χ0v) is 20.6. The highest BCUT2D eigenvalue weighted by Gasteiger charge is 2.14. The van der Waals surface area contributed by atoms with Gasteiger partial charge in [-0.15, -0.1) is 11.3 Å². The van der Waals surface area contributed by atoms with Crippen molar-refractivity contribution in [2.45, 2.75) is 51.7 Å².